The molecule has 2 aliphatic heterocycles. The Morgan fingerprint density at radius 2 is 2.12 bits per heavy atom. The lowest BCUT2D eigenvalue weighted by atomic mass is 10.1. The van der Waals surface area contributed by atoms with Gasteiger partial charge in [-0.3, -0.25) is 9.69 Å². The zero-order valence-electron chi connectivity index (χ0n) is 15.3. The van der Waals surface area contributed by atoms with Crippen LogP contribution in [0.3, 0.4) is 0 Å². The first-order chi connectivity index (χ1) is 12.5. The van der Waals surface area contributed by atoms with E-state index in [1.165, 1.54) is 6.07 Å². The number of carbonyl (C=O) groups excluding carboxylic acids is 1. The van der Waals surface area contributed by atoms with E-state index in [9.17, 15) is 9.18 Å². The molecule has 0 radical (unpaired) electrons. The van der Waals surface area contributed by atoms with E-state index in [0.29, 0.717) is 36.3 Å². The quantitative estimate of drug-likeness (QED) is 0.696. The van der Waals surface area contributed by atoms with Crippen molar-refractivity contribution in [2.75, 3.05) is 59.5 Å². The van der Waals surface area contributed by atoms with Gasteiger partial charge in [0.2, 0.25) is 5.91 Å². The number of hydrogen-bond donors (Lipinski definition) is 0. The molecule has 1 aromatic rings. The Kier molecular flexibility index (Phi) is 7.03. The van der Waals surface area contributed by atoms with Gasteiger partial charge >= 0.3 is 0 Å². The largest absolute Gasteiger partial charge is 0.381 e. The van der Waals surface area contributed by atoms with Crippen LogP contribution in [0.2, 0.25) is 0 Å². The maximum atomic E-state index is 14.3. The summed E-state index contributed by atoms with van der Waals surface area (Å²) in [5.41, 5.74) is 0.554. The fourth-order valence-electron chi connectivity index (χ4n) is 3.44. The summed E-state index contributed by atoms with van der Waals surface area (Å²) >= 11 is 3.29. The van der Waals surface area contributed by atoms with Gasteiger partial charge < -0.3 is 14.5 Å². The highest BCUT2D eigenvalue weighted by atomic mass is 79.9. The Bertz CT molecular complexity index is 617. The average Bonchev–Trinajstić information content (AvgIpc) is 3.16. The lowest BCUT2D eigenvalue weighted by molar-refractivity contribution is -0.136. The second-order valence-corrected chi connectivity index (χ2v) is 8.12. The number of hydrogen-bond acceptors (Lipinski definition) is 4. The topological polar surface area (TPSA) is 36.0 Å². The maximum Gasteiger partial charge on any atom is 0.228 e. The third-order valence-corrected chi connectivity index (χ3v) is 5.74. The molecule has 0 saturated carbocycles. The van der Waals surface area contributed by atoms with Crippen molar-refractivity contribution in [3.63, 3.8) is 0 Å². The summed E-state index contributed by atoms with van der Waals surface area (Å²) in [6.45, 7) is 6.98. The van der Waals surface area contributed by atoms with Gasteiger partial charge in [-0.2, -0.15) is 0 Å². The minimum Gasteiger partial charge on any atom is -0.381 e. The molecular weight excluding hydrogens is 401 g/mol. The molecule has 0 bridgehead atoms. The average molecular weight is 428 g/mol. The molecule has 0 spiro atoms. The molecule has 0 unspecified atom stereocenters. The predicted molar refractivity (Wildman–Crippen MR) is 102 cm³/mol. The van der Waals surface area contributed by atoms with Crippen molar-refractivity contribution in [1.29, 1.82) is 0 Å². The number of benzene rings is 1. The van der Waals surface area contributed by atoms with Crippen LogP contribution in [-0.2, 0) is 16.1 Å². The molecule has 1 atom stereocenters. The second kappa shape index (κ2) is 9.26. The number of carbonyl (C=O) groups is 1. The van der Waals surface area contributed by atoms with E-state index in [1.54, 1.807) is 6.07 Å². The summed E-state index contributed by atoms with van der Waals surface area (Å²) < 4.78 is 20.4. The Morgan fingerprint density at radius 3 is 2.77 bits per heavy atom. The molecule has 2 fully saturated rings. The summed E-state index contributed by atoms with van der Waals surface area (Å²) in [7, 11) is 2.13. The van der Waals surface area contributed by atoms with Gasteiger partial charge in [0.25, 0.3) is 0 Å². The number of halogens is 2. The highest BCUT2D eigenvalue weighted by Gasteiger charge is 2.29. The van der Waals surface area contributed by atoms with Crippen LogP contribution in [0.5, 0.6) is 0 Å². The molecule has 26 heavy (non-hydrogen) atoms. The third kappa shape index (κ3) is 5.25. The molecule has 0 N–H and O–H groups in total. The smallest absolute Gasteiger partial charge is 0.228 e. The summed E-state index contributed by atoms with van der Waals surface area (Å²) in [6, 6.07) is 5.03. The van der Waals surface area contributed by atoms with Crippen LogP contribution in [0.4, 0.5) is 4.39 Å². The number of piperazine rings is 1. The first-order valence-corrected chi connectivity index (χ1v) is 10.0. The highest BCUT2D eigenvalue weighted by molar-refractivity contribution is 9.10. The summed E-state index contributed by atoms with van der Waals surface area (Å²) in [4.78, 5) is 19.4. The molecule has 0 aromatic heterocycles. The standard InChI is InChI=1S/C19H27BrFN3O2/c1-22-5-7-23(8-6-22)9-10-24(19(25)16-4-11-26-14-16)13-15-2-3-17(20)12-18(15)21/h2-3,12,16H,4-11,13-14H2,1H3/t16-/m0/s1. The Morgan fingerprint density at radius 1 is 1.35 bits per heavy atom. The van der Waals surface area contributed by atoms with Crippen molar-refractivity contribution < 1.29 is 13.9 Å². The fourth-order valence-corrected chi connectivity index (χ4v) is 3.78. The van der Waals surface area contributed by atoms with Crippen molar-refractivity contribution in [2.24, 2.45) is 5.92 Å². The number of likely N-dealkylation sites (N-methyl/N-ethyl adjacent to an activating group) is 1. The number of ether oxygens (including phenoxy) is 1. The monoisotopic (exact) mass is 427 g/mol. The lowest BCUT2D eigenvalue weighted by Gasteiger charge is -2.34. The van der Waals surface area contributed by atoms with E-state index in [-0.39, 0.29) is 17.6 Å². The molecule has 2 heterocycles. The zero-order chi connectivity index (χ0) is 18.5. The van der Waals surface area contributed by atoms with Gasteiger partial charge in [-0.15, -0.1) is 0 Å². The van der Waals surface area contributed by atoms with Crippen molar-refractivity contribution in [3.05, 3.63) is 34.1 Å². The van der Waals surface area contributed by atoms with Crippen LogP contribution < -0.4 is 0 Å². The third-order valence-electron chi connectivity index (χ3n) is 5.25. The minimum absolute atomic E-state index is 0.0824. The number of nitrogens with zero attached hydrogens (tertiary/aromatic N) is 3. The lowest BCUT2D eigenvalue weighted by Crippen LogP contribution is -2.48. The Balaban J connectivity index is 1.65. The van der Waals surface area contributed by atoms with Crippen LogP contribution in [0.25, 0.3) is 0 Å². The van der Waals surface area contributed by atoms with Gasteiger partial charge in [-0.25, -0.2) is 4.39 Å². The Hall–Kier alpha value is -1.02. The Labute approximate surface area is 163 Å². The zero-order valence-corrected chi connectivity index (χ0v) is 16.9. The van der Waals surface area contributed by atoms with Crippen LogP contribution in [0.15, 0.2) is 22.7 Å². The molecule has 2 aliphatic rings. The van der Waals surface area contributed by atoms with Crippen molar-refractivity contribution in [1.82, 2.24) is 14.7 Å². The maximum absolute atomic E-state index is 14.3. The SMILES string of the molecule is CN1CCN(CCN(Cc2ccc(Br)cc2F)C(=O)[C@H]2CCOC2)CC1. The summed E-state index contributed by atoms with van der Waals surface area (Å²) in [5, 5.41) is 0. The van der Waals surface area contributed by atoms with Crippen molar-refractivity contribution >= 4 is 21.8 Å². The fraction of sp³-hybridized carbons (Fsp3) is 0.632. The molecule has 5 nitrogen and oxygen atoms in total. The van der Waals surface area contributed by atoms with Crippen LogP contribution in [-0.4, -0.2) is 80.1 Å². The van der Waals surface area contributed by atoms with Crippen LogP contribution in [0, 0.1) is 11.7 Å². The predicted octanol–water partition coefficient (Wildman–Crippen LogP) is 2.20. The molecule has 7 heteroatoms. The molecule has 1 amide bonds. The first kappa shape index (κ1) is 19.7. The molecular formula is C19H27BrFN3O2. The van der Waals surface area contributed by atoms with Gasteiger partial charge in [0.1, 0.15) is 5.82 Å². The minimum atomic E-state index is -0.278. The van der Waals surface area contributed by atoms with Gasteiger partial charge in [0, 0.05) is 62.5 Å². The van der Waals surface area contributed by atoms with Crippen LogP contribution >= 0.6 is 15.9 Å². The van der Waals surface area contributed by atoms with E-state index < -0.39 is 0 Å². The van der Waals surface area contributed by atoms with E-state index in [4.69, 9.17) is 4.74 Å². The number of rotatable bonds is 6. The number of amides is 1. The van der Waals surface area contributed by atoms with Crippen molar-refractivity contribution in [3.8, 4) is 0 Å². The van der Waals surface area contributed by atoms with Gasteiger partial charge in [0.05, 0.1) is 12.5 Å². The van der Waals surface area contributed by atoms with Crippen LogP contribution in [0.1, 0.15) is 12.0 Å². The van der Waals surface area contributed by atoms with Gasteiger partial charge in [0.15, 0.2) is 0 Å². The highest BCUT2D eigenvalue weighted by Crippen LogP contribution is 2.20. The molecule has 144 valence electrons. The summed E-state index contributed by atoms with van der Waals surface area (Å²) in [6.07, 6.45) is 0.757. The molecule has 2 saturated heterocycles. The van der Waals surface area contributed by atoms with E-state index in [0.717, 1.165) is 39.1 Å². The van der Waals surface area contributed by atoms with Gasteiger partial charge in [-0.1, -0.05) is 22.0 Å². The summed E-state index contributed by atoms with van der Waals surface area (Å²) in [5.74, 6) is -0.292. The van der Waals surface area contributed by atoms with Crippen molar-refractivity contribution in [2.45, 2.75) is 13.0 Å². The molecule has 1 aromatic carbocycles. The molecule has 0 aliphatic carbocycles. The van der Waals surface area contributed by atoms with Gasteiger partial charge in [-0.05, 0) is 25.6 Å². The van der Waals surface area contributed by atoms with E-state index in [1.807, 2.05) is 11.0 Å². The van der Waals surface area contributed by atoms with E-state index in [2.05, 4.69) is 32.8 Å². The van der Waals surface area contributed by atoms with E-state index >= 15 is 0 Å². The second-order valence-electron chi connectivity index (χ2n) is 7.20. The molecule has 3 rings (SSSR count). The normalized spacial score (nSPS) is 21.9. The first-order valence-electron chi connectivity index (χ1n) is 9.24.